The monoisotopic (exact) mass is 180 g/mol. The summed E-state index contributed by atoms with van der Waals surface area (Å²) in [7, 11) is -0.291. The van der Waals surface area contributed by atoms with Crippen molar-refractivity contribution in [2.24, 2.45) is 0 Å². The molecular formula is C8H9N2OP. The molecule has 1 aromatic rings. The van der Waals surface area contributed by atoms with E-state index in [1.54, 1.807) is 12.3 Å². The topological polar surface area (TPSA) is 48.1 Å². The zero-order valence-corrected chi connectivity index (χ0v) is 7.42. The second-order valence-electron chi connectivity index (χ2n) is 2.56. The van der Waals surface area contributed by atoms with Crippen LogP contribution in [0.15, 0.2) is 18.3 Å². The van der Waals surface area contributed by atoms with Gasteiger partial charge in [0.15, 0.2) is 0 Å². The van der Waals surface area contributed by atoms with Gasteiger partial charge in [-0.2, -0.15) is 0 Å². The van der Waals surface area contributed by atoms with E-state index in [9.17, 15) is 0 Å². The predicted molar refractivity (Wildman–Crippen MR) is 49.1 cm³/mol. The van der Waals surface area contributed by atoms with Crippen LogP contribution in [0.5, 0.6) is 0 Å². The Kier molecular flexibility index (Phi) is 2.01. The summed E-state index contributed by atoms with van der Waals surface area (Å²) in [5.74, 6) is 0.550. The molecule has 1 unspecified atom stereocenters. The molecule has 2 heterocycles. The van der Waals surface area contributed by atoms with Gasteiger partial charge in [-0.3, -0.25) is 0 Å². The van der Waals surface area contributed by atoms with E-state index in [0.29, 0.717) is 12.4 Å². The fourth-order valence-corrected chi connectivity index (χ4v) is 1.51. The zero-order valence-electron chi connectivity index (χ0n) is 6.53. The first-order valence-electron chi connectivity index (χ1n) is 3.69. The number of anilines is 1. The summed E-state index contributed by atoms with van der Waals surface area (Å²) in [5, 5.41) is 0. The lowest BCUT2D eigenvalue weighted by atomic mass is 10.3. The average molecular weight is 180 g/mol. The fraction of sp³-hybridized carbons (Fsp3) is 0.250. The van der Waals surface area contributed by atoms with E-state index < -0.39 is 0 Å². The van der Waals surface area contributed by atoms with E-state index in [1.165, 1.54) is 0 Å². The number of nitrogen functional groups attached to an aromatic ring is 1. The molecule has 0 amide bonds. The molecule has 1 aromatic heterocycles. The van der Waals surface area contributed by atoms with E-state index in [2.05, 4.69) is 10.6 Å². The van der Waals surface area contributed by atoms with Gasteiger partial charge in [0, 0.05) is 13.8 Å². The second kappa shape index (κ2) is 3.16. The lowest BCUT2D eigenvalue weighted by Crippen LogP contribution is -1.91. The highest BCUT2D eigenvalue weighted by atomic mass is 31.1. The summed E-state index contributed by atoms with van der Waals surface area (Å²) in [6.45, 7) is 0.631. The highest BCUT2D eigenvalue weighted by Gasteiger charge is 2.02. The maximum Gasteiger partial charge on any atom is 0.123 e. The van der Waals surface area contributed by atoms with Gasteiger partial charge in [0.1, 0.15) is 5.82 Å². The number of pyridine rings is 1. The lowest BCUT2D eigenvalue weighted by Gasteiger charge is -1.98. The minimum atomic E-state index is -0.291. The third-order valence-corrected chi connectivity index (χ3v) is 2.54. The van der Waals surface area contributed by atoms with Crippen molar-refractivity contribution in [1.82, 2.24) is 4.98 Å². The molecule has 1 atom stereocenters. The molecule has 1 aliphatic heterocycles. The molecule has 62 valence electrons. The number of nitrogens with zero attached hydrogens (tertiary/aromatic N) is 1. The summed E-state index contributed by atoms with van der Waals surface area (Å²) < 4.78 is 5.45. The standard InChI is InChI=1S/C8H9N2OP/c9-8-2-1-7(5-10-8)6-11-12-3-4-12/h1-2,5H,3,6H2,(H2,9,10). The average Bonchev–Trinajstić information content (AvgIpc) is 2.87. The molecule has 2 rings (SSSR count). The molecule has 0 saturated carbocycles. The van der Waals surface area contributed by atoms with E-state index in [1.807, 2.05) is 6.07 Å². The van der Waals surface area contributed by atoms with Crippen LogP contribution < -0.4 is 5.73 Å². The van der Waals surface area contributed by atoms with Crippen molar-refractivity contribution in [2.75, 3.05) is 11.9 Å². The van der Waals surface area contributed by atoms with Crippen molar-refractivity contribution < 1.29 is 4.52 Å². The van der Waals surface area contributed by atoms with Crippen LogP contribution in [0.25, 0.3) is 0 Å². The molecule has 1 aliphatic rings. The molecule has 0 aliphatic carbocycles. The number of rotatable bonds is 2. The van der Waals surface area contributed by atoms with Gasteiger partial charge in [0.2, 0.25) is 0 Å². The Morgan fingerprint density at radius 1 is 1.67 bits per heavy atom. The molecule has 12 heavy (non-hydrogen) atoms. The Morgan fingerprint density at radius 3 is 3.08 bits per heavy atom. The molecule has 3 nitrogen and oxygen atoms in total. The maximum atomic E-state index is 5.45. The van der Waals surface area contributed by atoms with Crippen LogP contribution in [0.3, 0.4) is 0 Å². The smallest absolute Gasteiger partial charge is 0.123 e. The van der Waals surface area contributed by atoms with Crippen LogP contribution in [-0.2, 0) is 11.1 Å². The number of aromatic nitrogens is 1. The van der Waals surface area contributed by atoms with Gasteiger partial charge >= 0.3 is 0 Å². The Balaban J connectivity index is 1.95. The Bertz CT molecular complexity index is 360. The fourth-order valence-electron chi connectivity index (χ4n) is 0.794. The van der Waals surface area contributed by atoms with Gasteiger partial charge in [-0.1, -0.05) is 11.7 Å². The Morgan fingerprint density at radius 2 is 2.50 bits per heavy atom. The minimum absolute atomic E-state index is 0.291. The molecule has 0 fully saturated rings. The molecule has 4 heteroatoms. The van der Waals surface area contributed by atoms with Crippen molar-refractivity contribution in [3.05, 3.63) is 23.9 Å². The molecule has 2 N–H and O–H groups in total. The third kappa shape index (κ3) is 1.99. The van der Waals surface area contributed by atoms with Gasteiger partial charge in [-0.25, -0.2) is 4.98 Å². The molecule has 0 saturated heterocycles. The molecule has 0 aromatic carbocycles. The zero-order chi connectivity index (χ0) is 8.39. The summed E-state index contributed by atoms with van der Waals surface area (Å²) >= 11 is 0. The van der Waals surface area contributed by atoms with Gasteiger partial charge < -0.3 is 10.3 Å². The van der Waals surface area contributed by atoms with Crippen molar-refractivity contribution in [2.45, 2.75) is 6.61 Å². The Labute approximate surface area is 71.7 Å². The van der Waals surface area contributed by atoms with Crippen LogP contribution in [0.2, 0.25) is 0 Å². The largest absolute Gasteiger partial charge is 0.384 e. The van der Waals surface area contributed by atoms with Crippen LogP contribution >= 0.6 is 7.60 Å². The summed E-state index contributed by atoms with van der Waals surface area (Å²) in [4.78, 5) is 3.96. The summed E-state index contributed by atoms with van der Waals surface area (Å²) in [6, 6.07) is 3.72. The van der Waals surface area contributed by atoms with Gasteiger partial charge in [0.05, 0.1) is 12.8 Å². The predicted octanol–water partition coefficient (Wildman–Crippen LogP) is 1.55. The first kappa shape index (κ1) is 7.63. The van der Waals surface area contributed by atoms with Crippen LogP contribution in [0.4, 0.5) is 5.82 Å². The highest BCUT2D eigenvalue weighted by Crippen LogP contribution is 2.32. The van der Waals surface area contributed by atoms with Gasteiger partial charge in [-0.05, 0) is 11.6 Å². The van der Waals surface area contributed by atoms with E-state index >= 15 is 0 Å². The minimum Gasteiger partial charge on any atom is -0.384 e. The van der Waals surface area contributed by atoms with Crippen LogP contribution in [0.1, 0.15) is 5.56 Å². The maximum absolute atomic E-state index is 5.45. The summed E-state index contributed by atoms with van der Waals surface area (Å²) in [6.07, 6.45) is 2.77. The van der Waals surface area contributed by atoms with Gasteiger partial charge in [-0.15, -0.1) is 0 Å². The molecule has 0 spiro atoms. The van der Waals surface area contributed by atoms with Crippen molar-refractivity contribution in [3.63, 3.8) is 0 Å². The van der Waals surface area contributed by atoms with E-state index in [-0.39, 0.29) is 7.60 Å². The number of hydrogen-bond donors (Lipinski definition) is 1. The normalized spacial score (nSPS) is 16.5. The highest BCUT2D eigenvalue weighted by molar-refractivity contribution is 7.48. The first-order chi connectivity index (χ1) is 5.84. The van der Waals surface area contributed by atoms with Crippen LogP contribution in [-0.4, -0.2) is 11.1 Å². The van der Waals surface area contributed by atoms with Crippen molar-refractivity contribution >= 4 is 13.4 Å². The number of hydrogen-bond acceptors (Lipinski definition) is 3. The first-order valence-corrected chi connectivity index (χ1v) is 5.13. The third-order valence-electron chi connectivity index (χ3n) is 1.52. The van der Waals surface area contributed by atoms with E-state index in [0.717, 1.165) is 11.7 Å². The van der Waals surface area contributed by atoms with Crippen LogP contribution in [0, 0.1) is 5.63 Å². The number of nitrogens with two attached hydrogens (primary N) is 1. The quantitative estimate of drug-likeness (QED) is 0.702. The van der Waals surface area contributed by atoms with E-state index in [4.69, 9.17) is 10.3 Å². The molecule has 0 bridgehead atoms. The van der Waals surface area contributed by atoms with Crippen molar-refractivity contribution in [1.29, 1.82) is 0 Å². The summed E-state index contributed by atoms with van der Waals surface area (Å²) in [5.41, 5.74) is 9.62. The SMILES string of the molecule is Nc1ccc(COP2#CC2)cn1. The second-order valence-corrected chi connectivity index (χ2v) is 4.21. The Hall–Kier alpha value is -1.01. The molecule has 0 radical (unpaired) electrons. The lowest BCUT2D eigenvalue weighted by molar-refractivity contribution is 0.354. The van der Waals surface area contributed by atoms with Gasteiger partial charge in [0.25, 0.3) is 0 Å². The molecular weight excluding hydrogens is 171 g/mol. The van der Waals surface area contributed by atoms with Crippen molar-refractivity contribution in [3.8, 4) is 5.63 Å².